The SMILES string of the molecule is c1ccc(CCCSCC(SCCCc2ccccc2)c2ccccc2)cc1. The molecule has 3 aromatic carbocycles. The maximum Gasteiger partial charge on any atom is 0.0387 e. The van der Waals surface area contributed by atoms with Gasteiger partial charge in [0.05, 0.1) is 0 Å². The van der Waals surface area contributed by atoms with E-state index in [9.17, 15) is 0 Å². The summed E-state index contributed by atoms with van der Waals surface area (Å²) in [7, 11) is 0. The average molecular weight is 407 g/mol. The first-order valence-electron chi connectivity index (χ1n) is 10.2. The lowest BCUT2D eigenvalue weighted by Crippen LogP contribution is -2.01. The van der Waals surface area contributed by atoms with Crippen LogP contribution in [0.25, 0.3) is 0 Å². The fourth-order valence-electron chi connectivity index (χ4n) is 3.27. The van der Waals surface area contributed by atoms with E-state index in [0.29, 0.717) is 5.25 Å². The predicted octanol–water partition coefficient (Wildman–Crippen LogP) is 7.46. The van der Waals surface area contributed by atoms with Crippen LogP contribution in [0.5, 0.6) is 0 Å². The third-order valence-electron chi connectivity index (χ3n) is 4.81. The molecule has 0 bridgehead atoms. The fourth-order valence-corrected chi connectivity index (χ4v) is 5.81. The van der Waals surface area contributed by atoms with E-state index in [1.165, 1.54) is 59.6 Å². The Morgan fingerprint density at radius 3 is 1.64 bits per heavy atom. The Bertz CT molecular complexity index is 756. The van der Waals surface area contributed by atoms with E-state index >= 15 is 0 Å². The molecule has 0 amide bonds. The van der Waals surface area contributed by atoms with E-state index in [4.69, 9.17) is 0 Å². The number of hydrogen-bond donors (Lipinski definition) is 0. The number of thioether (sulfide) groups is 2. The Morgan fingerprint density at radius 2 is 1.07 bits per heavy atom. The molecule has 0 N–H and O–H groups in total. The Hall–Kier alpha value is -1.64. The number of rotatable bonds is 12. The first kappa shape index (κ1) is 21.1. The molecule has 3 aromatic rings. The zero-order valence-corrected chi connectivity index (χ0v) is 18.1. The van der Waals surface area contributed by atoms with Crippen LogP contribution in [0.3, 0.4) is 0 Å². The Kier molecular flexibility index (Phi) is 9.60. The summed E-state index contributed by atoms with van der Waals surface area (Å²) in [6.07, 6.45) is 4.87. The molecule has 0 aliphatic rings. The van der Waals surface area contributed by atoms with E-state index in [2.05, 4.69) is 115 Å². The zero-order valence-electron chi connectivity index (χ0n) is 16.5. The van der Waals surface area contributed by atoms with Crippen molar-refractivity contribution in [3.63, 3.8) is 0 Å². The van der Waals surface area contributed by atoms with Gasteiger partial charge in [-0.05, 0) is 53.9 Å². The fraction of sp³-hybridized carbons (Fsp3) is 0.308. The van der Waals surface area contributed by atoms with Gasteiger partial charge in [-0.25, -0.2) is 0 Å². The van der Waals surface area contributed by atoms with Crippen LogP contribution in [-0.2, 0) is 12.8 Å². The van der Waals surface area contributed by atoms with Crippen LogP contribution >= 0.6 is 23.5 Å². The van der Waals surface area contributed by atoms with Crippen molar-refractivity contribution in [1.29, 1.82) is 0 Å². The molecule has 1 atom stereocenters. The van der Waals surface area contributed by atoms with Crippen LogP contribution in [0, 0.1) is 0 Å². The molecule has 28 heavy (non-hydrogen) atoms. The van der Waals surface area contributed by atoms with Crippen molar-refractivity contribution in [2.24, 2.45) is 0 Å². The standard InChI is InChI=1S/C26H30S2/c1-4-12-23(13-5-1)16-10-20-27-22-26(25-18-8-3-9-19-25)28-21-11-17-24-14-6-2-7-15-24/h1-9,12-15,18-19,26H,10-11,16-17,20-22H2. The van der Waals surface area contributed by atoms with Gasteiger partial charge in [-0.1, -0.05) is 91.0 Å². The molecule has 0 aromatic heterocycles. The Labute approximate surface area is 179 Å². The van der Waals surface area contributed by atoms with Crippen molar-refractivity contribution in [3.8, 4) is 0 Å². The largest absolute Gasteiger partial charge is 0.160 e. The van der Waals surface area contributed by atoms with Crippen LogP contribution in [0.4, 0.5) is 0 Å². The maximum atomic E-state index is 2.29. The second kappa shape index (κ2) is 12.7. The molecule has 3 rings (SSSR count). The second-order valence-corrected chi connectivity index (χ2v) is 9.48. The molecule has 146 valence electrons. The third-order valence-corrected chi connectivity index (χ3v) is 7.53. The van der Waals surface area contributed by atoms with Crippen LogP contribution in [0.2, 0.25) is 0 Å². The Balaban J connectivity index is 1.40. The minimum atomic E-state index is 0.596. The molecule has 0 saturated carbocycles. The predicted molar refractivity (Wildman–Crippen MR) is 128 cm³/mol. The number of benzene rings is 3. The molecule has 1 unspecified atom stereocenters. The molecule has 0 heterocycles. The van der Waals surface area contributed by atoms with E-state index in [1.54, 1.807) is 0 Å². The second-order valence-electron chi connectivity index (χ2n) is 7.02. The smallest absolute Gasteiger partial charge is 0.0387 e. The lowest BCUT2D eigenvalue weighted by atomic mass is 10.1. The van der Waals surface area contributed by atoms with E-state index in [0.717, 1.165) is 0 Å². The van der Waals surface area contributed by atoms with E-state index in [1.807, 2.05) is 0 Å². The van der Waals surface area contributed by atoms with Gasteiger partial charge in [0.15, 0.2) is 0 Å². The summed E-state index contributed by atoms with van der Waals surface area (Å²) in [5.41, 5.74) is 4.38. The van der Waals surface area contributed by atoms with E-state index < -0.39 is 0 Å². The van der Waals surface area contributed by atoms with Crippen LogP contribution in [0.1, 0.15) is 34.8 Å². The average Bonchev–Trinajstić information content (AvgIpc) is 2.77. The summed E-state index contributed by atoms with van der Waals surface area (Å²) in [6, 6.07) is 32.7. The lowest BCUT2D eigenvalue weighted by molar-refractivity contribution is 0.925. The summed E-state index contributed by atoms with van der Waals surface area (Å²) in [5, 5.41) is 0.596. The summed E-state index contributed by atoms with van der Waals surface area (Å²) in [6.45, 7) is 0. The van der Waals surface area contributed by atoms with Crippen molar-refractivity contribution in [2.75, 3.05) is 17.3 Å². The van der Waals surface area contributed by atoms with E-state index in [-0.39, 0.29) is 0 Å². The molecular weight excluding hydrogens is 376 g/mol. The quantitative estimate of drug-likeness (QED) is 0.286. The Morgan fingerprint density at radius 1 is 0.571 bits per heavy atom. The molecule has 2 heteroatoms. The maximum absolute atomic E-state index is 2.29. The van der Waals surface area contributed by atoms with Gasteiger partial charge in [-0.15, -0.1) is 0 Å². The van der Waals surface area contributed by atoms with Gasteiger partial charge in [0.25, 0.3) is 0 Å². The molecule has 0 saturated heterocycles. The van der Waals surface area contributed by atoms with Gasteiger partial charge >= 0.3 is 0 Å². The summed E-state index contributed by atoms with van der Waals surface area (Å²) in [4.78, 5) is 0. The van der Waals surface area contributed by atoms with Crippen molar-refractivity contribution >= 4 is 23.5 Å². The summed E-state index contributed by atoms with van der Waals surface area (Å²) < 4.78 is 0. The minimum Gasteiger partial charge on any atom is -0.160 e. The van der Waals surface area contributed by atoms with Crippen molar-refractivity contribution in [3.05, 3.63) is 108 Å². The van der Waals surface area contributed by atoms with Gasteiger partial charge in [-0.2, -0.15) is 23.5 Å². The van der Waals surface area contributed by atoms with Crippen LogP contribution in [0.15, 0.2) is 91.0 Å². The summed E-state index contributed by atoms with van der Waals surface area (Å²) >= 11 is 4.24. The molecule has 0 fully saturated rings. The molecular formula is C26H30S2. The zero-order chi connectivity index (χ0) is 19.3. The third kappa shape index (κ3) is 7.77. The molecule has 0 spiro atoms. The van der Waals surface area contributed by atoms with Crippen molar-refractivity contribution < 1.29 is 0 Å². The highest BCUT2D eigenvalue weighted by Gasteiger charge is 2.12. The highest BCUT2D eigenvalue weighted by molar-refractivity contribution is 8.03. The highest BCUT2D eigenvalue weighted by Crippen LogP contribution is 2.33. The van der Waals surface area contributed by atoms with Gasteiger partial charge in [0.2, 0.25) is 0 Å². The molecule has 0 aliphatic heterocycles. The first-order chi connectivity index (χ1) is 13.9. The van der Waals surface area contributed by atoms with Crippen molar-refractivity contribution in [2.45, 2.75) is 30.9 Å². The van der Waals surface area contributed by atoms with Crippen LogP contribution in [-0.4, -0.2) is 17.3 Å². The monoisotopic (exact) mass is 406 g/mol. The number of hydrogen-bond acceptors (Lipinski definition) is 2. The van der Waals surface area contributed by atoms with Crippen LogP contribution < -0.4 is 0 Å². The first-order valence-corrected chi connectivity index (χ1v) is 12.4. The minimum absolute atomic E-state index is 0.596. The lowest BCUT2D eigenvalue weighted by Gasteiger charge is -2.17. The molecule has 0 aliphatic carbocycles. The van der Waals surface area contributed by atoms with Gasteiger partial charge in [0, 0.05) is 11.0 Å². The van der Waals surface area contributed by atoms with Gasteiger partial charge in [-0.3, -0.25) is 0 Å². The molecule has 0 nitrogen and oxygen atoms in total. The highest BCUT2D eigenvalue weighted by atomic mass is 32.2. The van der Waals surface area contributed by atoms with Gasteiger partial charge < -0.3 is 0 Å². The van der Waals surface area contributed by atoms with Crippen molar-refractivity contribution in [1.82, 2.24) is 0 Å². The van der Waals surface area contributed by atoms with Gasteiger partial charge in [0.1, 0.15) is 0 Å². The summed E-state index contributed by atoms with van der Waals surface area (Å²) in [5.74, 6) is 3.66. The number of aryl methyl sites for hydroxylation is 2. The normalized spacial score (nSPS) is 12.0. The topological polar surface area (TPSA) is 0 Å². The molecule has 0 radical (unpaired) electrons.